The van der Waals surface area contributed by atoms with Gasteiger partial charge in [-0.05, 0) is 39.0 Å². The normalized spacial score (nSPS) is 28.4. The number of nitrogens with zero attached hydrogens (tertiary/aromatic N) is 1. The Morgan fingerprint density at radius 2 is 2.13 bits per heavy atom. The molecule has 2 aliphatic heterocycles. The van der Waals surface area contributed by atoms with Crippen LogP contribution in [0.1, 0.15) is 46.0 Å². The molecule has 7 heteroatoms. The Morgan fingerprint density at radius 1 is 1.35 bits per heavy atom. The van der Waals surface area contributed by atoms with Crippen LogP contribution in [-0.2, 0) is 24.1 Å². The number of ether oxygens (including phenoxy) is 2. The van der Waals surface area contributed by atoms with Crippen LogP contribution in [-0.4, -0.2) is 68.7 Å². The summed E-state index contributed by atoms with van der Waals surface area (Å²) in [6.45, 7) is 5.50. The lowest BCUT2D eigenvalue weighted by molar-refractivity contribution is -0.148. The fraction of sp³-hybridized carbons (Fsp3) is 0.938. The first kappa shape index (κ1) is 18.7. The van der Waals surface area contributed by atoms with E-state index in [1.165, 1.54) is 0 Å². The molecule has 0 aromatic carbocycles. The molecule has 23 heavy (non-hydrogen) atoms. The van der Waals surface area contributed by atoms with Gasteiger partial charge in [0.1, 0.15) is 6.10 Å². The van der Waals surface area contributed by atoms with E-state index in [1.807, 2.05) is 6.92 Å². The van der Waals surface area contributed by atoms with Crippen LogP contribution in [0.25, 0.3) is 0 Å². The molecule has 2 rings (SSSR count). The number of carbonyl (C=O) groups is 1. The lowest BCUT2D eigenvalue weighted by Gasteiger charge is -2.31. The second-order valence-electron chi connectivity index (χ2n) is 6.55. The van der Waals surface area contributed by atoms with Crippen LogP contribution in [0.4, 0.5) is 0 Å². The van der Waals surface area contributed by atoms with Gasteiger partial charge in [-0.3, -0.25) is 4.79 Å². The predicted molar refractivity (Wildman–Crippen MR) is 88.1 cm³/mol. The van der Waals surface area contributed by atoms with Crippen LogP contribution < -0.4 is 0 Å². The van der Waals surface area contributed by atoms with Crippen molar-refractivity contribution in [3.05, 3.63) is 0 Å². The zero-order chi connectivity index (χ0) is 16.9. The molecule has 6 nitrogen and oxygen atoms in total. The molecule has 2 fully saturated rings. The molecule has 1 amide bonds. The number of rotatable bonds is 7. The average Bonchev–Trinajstić information content (AvgIpc) is 2.90. The molecule has 2 heterocycles. The quantitative estimate of drug-likeness (QED) is 0.696. The molecular weight excluding hydrogens is 318 g/mol. The van der Waals surface area contributed by atoms with Crippen LogP contribution in [0.3, 0.4) is 0 Å². The summed E-state index contributed by atoms with van der Waals surface area (Å²) in [6, 6.07) is -0.204. The molecule has 3 unspecified atom stereocenters. The van der Waals surface area contributed by atoms with E-state index in [1.54, 1.807) is 11.8 Å². The Kier molecular flexibility index (Phi) is 6.85. The molecule has 2 saturated heterocycles. The van der Waals surface area contributed by atoms with Gasteiger partial charge in [0, 0.05) is 19.2 Å². The van der Waals surface area contributed by atoms with Crippen molar-refractivity contribution in [2.24, 2.45) is 0 Å². The lowest BCUT2D eigenvalue weighted by Crippen LogP contribution is -2.47. The summed E-state index contributed by atoms with van der Waals surface area (Å²) in [6.07, 6.45) is 4.05. The second-order valence-corrected chi connectivity index (χ2v) is 8.78. The molecule has 0 saturated carbocycles. The number of amides is 1. The number of hydrogen-bond donors (Lipinski definition) is 0. The van der Waals surface area contributed by atoms with E-state index >= 15 is 0 Å². The minimum absolute atomic E-state index is 0.0745. The Balaban J connectivity index is 1.88. The van der Waals surface area contributed by atoms with E-state index < -0.39 is 15.9 Å². The van der Waals surface area contributed by atoms with Gasteiger partial charge in [0.2, 0.25) is 0 Å². The van der Waals surface area contributed by atoms with Crippen molar-refractivity contribution < 1.29 is 22.7 Å². The average molecular weight is 347 g/mol. The summed E-state index contributed by atoms with van der Waals surface area (Å²) in [5.74, 6) is 0.151. The topological polar surface area (TPSA) is 72.9 Å². The molecule has 0 aliphatic carbocycles. The van der Waals surface area contributed by atoms with Gasteiger partial charge in [-0.25, -0.2) is 8.42 Å². The molecule has 3 atom stereocenters. The third kappa shape index (κ3) is 5.43. The van der Waals surface area contributed by atoms with Gasteiger partial charge in [-0.1, -0.05) is 6.92 Å². The Labute approximate surface area is 139 Å². The SMILES string of the molecule is CCCN(C(=O)C(C)OCC1CCCCO1)C1CCS(=O)(=O)C1. The number of sulfone groups is 1. The van der Waals surface area contributed by atoms with Gasteiger partial charge < -0.3 is 14.4 Å². The summed E-state index contributed by atoms with van der Waals surface area (Å²) >= 11 is 0. The molecule has 2 aliphatic rings. The van der Waals surface area contributed by atoms with Crippen LogP contribution in [0.15, 0.2) is 0 Å². The maximum absolute atomic E-state index is 12.7. The molecule has 0 radical (unpaired) electrons. The molecule has 0 aromatic heterocycles. The highest BCUT2D eigenvalue weighted by atomic mass is 32.2. The van der Waals surface area contributed by atoms with Gasteiger partial charge in [0.05, 0.1) is 24.2 Å². The van der Waals surface area contributed by atoms with Crippen LogP contribution in [0.2, 0.25) is 0 Å². The van der Waals surface area contributed by atoms with E-state index in [4.69, 9.17) is 9.47 Å². The molecule has 0 spiro atoms. The second kappa shape index (κ2) is 8.44. The number of carbonyl (C=O) groups excluding carboxylic acids is 1. The Hall–Kier alpha value is -0.660. The number of hydrogen-bond acceptors (Lipinski definition) is 5. The standard InChI is InChI=1S/C16H29NO5S/c1-3-8-17(14-7-10-23(19,20)12-14)16(18)13(2)22-11-15-6-4-5-9-21-15/h13-15H,3-12H2,1-2H3. The maximum Gasteiger partial charge on any atom is 0.251 e. The molecule has 0 N–H and O–H groups in total. The molecular formula is C16H29NO5S. The zero-order valence-electron chi connectivity index (χ0n) is 14.2. The van der Waals surface area contributed by atoms with Crippen molar-refractivity contribution in [2.45, 2.75) is 64.2 Å². The van der Waals surface area contributed by atoms with Crippen LogP contribution in [0, 0.1) is 0 Å². The van der Waals surface area contributed by atoms with E-state index in [0.717, 1.165) is 32.3 Å². The third-order valence-electron chi connectivity index (χ3n) is 4.55. The minimum atomic E-state index is -3.00. The largest absolute Gasteiger partial charge is 0.376 e. The van der Waals surface area contributed by atoms with Crippen molar-refractivity contribution in [1.29, 1.82) is 0 Å². The van der Waals surface area contributed by atoms with E-state index in [2.05, 4.69) is 0 Å². The fourth-order valence-electron chi connectivity index (χ4n) is 3.23. The summed E-state index contributed by atoms with van der Waals surface area (Å²) in [5, 5.41) is 0. The zero-order valence-corrected chi connectivity index (χ0v) is 15.0. The Morgan fingerprint density at radius 3 is 2.70 bits per heavy atom. The van der Waals surface area contributed by atoms with E-state index in [9.17, 15) is 13.2 Å². The predicted octanol–water partition coefficient (Wildman–Crippen LogP) is 1.39. The molecule has 134 valence electrons. The highest BCUT2D eigenvalue weighted by Gasteiger charge is 2.36. The fourth-order valence-corrected chi connectivity index (χ4v) is 4.96. The molecule has 0 bridgehead atoms. The first-order valence-corrected chi connectivity index (χ1v) is 10.5. The summed E-state index contributed by atoms with van der Waals surface area (Å²) in [4.78, 5) is 14.4. The highest BCUT2D eigenvalue weighted by Crippen LogP contribution is 2.20. The van der Waals surface area contributed by atoms with Crippen molar-refractivity contribution in [1.82, 2.24) is 4.90 Å². The van der Waals surface area contributed by atoms with Crippen molar-refractivity contribution in [2.75, 3.05) is 31.3 Å². The maximum atomic E-state index is 12.7. The van der Waals surface area contributed by atoms with Crippen molar-refractivity contribution in [3.8, 4) is 0 Å². The van der Waals surface area contributed by atoms with Crippen molar-refractivity contribution in [3.63, 3.8) is 0 Å². The summed E-state index contributed by atoms with van der Waals surface area (Å²) in [7, 11) is -3.00. The minimum Gasteiger partial charge on any atom is -0.376 e. The third-order valence-corrected chi connectivity index (χ3v) is 6.30. The van der Waals surface area contributed by atoms with Crippen LogP contribution >= 0.6 is 0 Å². The summed E-state index contributed by atoms with van der Waals surface area (Å²) in [5.41, 5.74) is 0. The van der Waals surface area contributed by atoms with Crippen LogP contribution in [0.5, 0.6) is 0 Å². The van der Waals surface area contributed by atoms with Gasteiger partial charge in [0.15, 0.2) is 9.84 Å². The molecule has 0 aromatic rings. The van der Waals surface area contributed by atoms with Crippen molar-refractivity contribution >= 4 is 15.7 Å². The monoisotopic (exact) mass is 347 g/mol. The van der Waals surface area contributed by atoms with Gasteiger partial charge in [-0.15, -0.1) is 0 Å². The first-order chi connectivity index (χ1) is 10.9. The van der Waals surface area contributed by atoms with Gasteiger partial charge >= 0.3 is 0 Å². The van der Waals surface area contributed by atoms with E-state index in [0.29, 0.717) is 19.6 Å². The smallest absolute Gasteiger partial charge is 0.251 e. The Bertz CT molecular complexity index is 487. The summed E-state index contributed by atoms with van der Waals surface area (Å²) < 4.78 is 34.7. The highest BCUT2D eigenvalue weighted by molar-refractivity contribution is 7.91. The van der Waals surface area contributed by atoms with E-state index in [-0.39, 0.29) is 29.6 Å². The lowest BCUT2D eigenvalue weighted by atomic mass is 10.1. The first-order valence-electron chi connectivity index (χ1n) is 8.67. The van der Waals surface area contributed by atoms with Gasteiger partial charge in [-0.2, -0.15) is 0 Å². The van der Waals surface area contributed by atoms with Gasteiger partial charge in [0.25, 0.3) is 5.91 Å².